The smallest absolute Gasteiger partial charge is 0.330 e. The Morgan fingerprint density at radius 2 is 1.76 bits per heavy atom. The van der Waals surface area contributed by atoms with Crippen molar-refractivity contribution in [1.29, 1.82) is 0 Å². The summed E-state index contributed by atoms with van der Waals surface area (Å²) in [5, 5.41) is 5.03. The fraction of sp³-hybridized carbons (Fsp3) is 0.550. The van der Waals surface area contributed by atoms with E-state index in [-0.39, 0.29) is 17.2 Å². The van der Waals surface area contributed by atoms with E-state index in [0.717, 1.165) is 25.7 Å². The molecule has 0 radical (unpaired) electrons. The molecule has 1 aromatic carbocycles. The van der Waals surface area contributed by atoms with Crippen molar-refractivity contribution in [3.8, 4) is 0 Å². The van der Waals surface area contributed by atoms with Crippen LogP contribution in [0.4, 0.5) is 5.69 Å². The number of nitrogens with zero attached hydrogens (tertiary/aromatic N) is 3. The van der Waals surface area contributed by atoms with Gasteiger partial charge in [0.15, 0.2) is 0 Å². The maximum Gasteiger partial charge on any atom is 0.330 e. The van der Waals surface area contributed by atoms with Crippen molar-refractivity contribution in [2.24, 2.45) is 5.10 Å². The predicted octanol–water partition coefficient (Wildman–Crippen LogP) is 2.34. The van der Waals surface area contributed by atoms with Gasteiger partial charge in [-0.2, -0.15) is 5.10 Å². The Hall–Kier alpha value is -2.42. The number of carbonyl (C=O) groups excluding carboxylic acids is 2. The number of hydrogen-bond acceptors (Lipinski definition) is 7. The highest BCUT2D eigenvalue weighted by Crippen LogP contribution is 2.34. The number of esters is 1. The Labute approximate surface area is 171 Å². The molecule has 0 aliphatic carbocycles. The van der Waals surface area contributed by atoms with Crippen molar-refractivity contribution in [3.63, 3.8) is 0 Å². The van der Waals surface area contributed by atoms with Crippen LogP contribution in [0.3, 0.4) is 0 Å². The molecule has 2 heterocycles. The molecule has 0 spiro atoms. The second-order valence-corrected chi connectivity index (χ2v) is 8.94. The first-order chi connectivity index (χ1) is 13.9. The van der Waals surface area contributed by atoms with E-state index in [4.69, 9.17) is 4.74 Å². The molecule has 1 atom stereocenters. The maximum atomic E-state index is 13.2. The molecular formula is C20H27N3O5S. The van der Waals surface area contributed by atoms with Gasteiger partial charge in [0.25, 0.3) is 5.91 Å². The number of hydrazone groups is 1. The number of para-hydroxylation sites is 1. The zero-order valence-corrected chi connectivity index (χ0v) is 17.7. The van der Waals surface area contributed by atoms with E-state index < -0.39 is 32.8 Å². The van der Waals surface area contributed by atoms with E-state index in [1.807, 2.05) is 0 Å². The monoisotopic (exact) mass is 421 g/mol. The largest absolute Gasteiger partial charge is 0.464 e. The molecule has 158 valence electrons. The van der Waals surface area contributed by atoms with Crippen LogP contribution in [-0.2, 0) is 24.2 Å². The summed E-state index contributed by atoms with van der Waals surface area (Å²) in [6.07, 6.45) is 4.04. The molecule has 1 amide bonds. The molecule has 2 aliphatic rings. The summed E-state index contributed by atoms with van der Waals surface area (Å²) < 4.78 is 31.6. The molecule has 0 unspecified atom stereocenters. The molecule has 8 nitrogen and oxygen atoms in total. The molecule has 29 heavy (non-hydrogen) atoms. The van der Waals surface area contributed by atoms with Crippen LogP contribution in [0.15, 0.2) is 34.3 Å². The lowest BCUT2D eigenvalue weighted by molar-refractivity contribution is -0.144. The average Bonchev–Trinajstić information content (AvgIpc) is 2.99. The Morgan fingerprint density at radius 1 is 1.10 bits per heavy atom. The van der Waals surface area contributed by atoms with Crippen molar-refractivity contribution >= 4 is 32.4 Å². The van der Waals surface area contributed by atoms with Crippen LogP contribution in [0, 0.1) is 0 Å². The van der Waals surface area contributed by atoms with E-state index in [1.54, 1.807) is 36.9 Å². The van der Waals surface area contributed by atoms with Crippen LogP contribution >= 0.6 is 0 Å². The second-order valence-electron chi connectivity index (χ2n) is 7.10. The number of benzene rings is 1. The number of rotatable bonds is 5. The third-order valence-electron chi connectivity index (χ3n) is 5.17. The van der Waals surface area contributed by atoms with Gasteiger partial charge in [-0.05, 0) is 38.3 Å². The van der Waals surface area contributed by atoms with Gasteiger partial charge in [-0.1, -0.05) is 31.9 Å². The predicted molar refractivity (Wildman–Crippen MR) is 109 cm³/mol. The molecule has 0 saturated carbocycles. The quantitative estimate of drug-likeness (QED) is 0.677. The minimum Gasteiger partial charge on any atom is -0.464 e. The first-order valence-electron chi connectivity index (χ1n) is 10.1. The summed E-state index contributed by atoms with van der Waals surface area (Å²) in [5.41, 5.74) is 0.278. The first-order valence-corrected chi connectivity index (χ1v) is 11.6. The number of carbonyl (C=O) groups is 2. The van der Waals surface area contributed by atoms with Crippen LogP contribution in [0.1, 0.15) is 46.0 Å². The van der Waals surface area contributed by atoms with E-state index in [9.17, 15) is 18.0 Å². The number of anilines is 1. The van der Waals surface area contributed by atoms with Crippen molar-refractivity contribution in [1.82, 2.24) is 4.90 Å². The Kier molecular flexibility index (Phi) is 6.56. The lowest BCUT2D eigenvalue weighted by Gasteiger charge is -2.33. The summed E-state index contributed by atoms with van der Waals surface area (Å²) in [4.78, 5) is 27.2. The van der Waals surface area contributed by atoms with Gasteiger partial charge >= 0.3 is 5.97 Å². The standard InChI is InChI=1S/C20H27N3O5S/c1-3-15(20(25)28-4-2)23-16-11-7-8-12-17(16)29(26,27)18(21-23)19(24)22-13-9-5-6-10-14-22/h7-8,11-12,15H,3-6,9-10,13-14H2,1-2H3/t15-/m0/s1. The number of ether oxygens (including phenoxy) is 1. The summed E-state index contributed by atoms with van der Waals surface area (Å²) in [6, 6.07) is 5.49. The van der Waals surface area contributed by atoms with Gasteiger partial charge in [-0.15, -0.1) is 0 Å². The van der Waals surface area contributed by atoms with Crippen molar-refractivity contribution in [2.45, 2.75) is 56.9 Å². The third-order valence-corrected chi connectivity index (χ3v) is 6.86. The zero-order chi connectivity index (χ0) is 21.0. The van der Waals surface area contributed by atoms with Crippen LogP contribution in [-0.4, -0.2) is 56.0 Å². The molecule has 2 aliphatic heterocycles. The Morgan fingerprint density at radius 3 is 2.38 bits per heavy atom. The van der Waals surface area contributed by atoms with Gasteiger partial charge in [0, 0.05) is 13.1 Å². The fourth-order valence-corrected chi connectivity index (χ4v) is 5.12. The zero-order valence-electron chi connectivity index (χ0n) is 16.8. The van der Waals surface area contributed by atoms with E-state index in [2.05, 4.69) is 5.10 Å². The van der Waals surface area contributed by atoms with Gasteiger partial charge in [0.05, 0.1) is 17.2 Å². The molecule has 9 heteroatoms. The molecule has 1 saturated heterocycles. The van der Waals surface area contributed by atoms with Crippen molar-refractivity contribution in [2.75, 3.05) is 24.7 Å². The fourth-order valence-electron chi connectivity index (χ4n) is 3.67. The van der Waals surface area contributed by atoms with Crippen LogP contribution < -0.4 is 5.01 Å². The number of likely N-dealkylation sites (tertiary alicyclic amines) is 1. The number of amides is 1. The van der Waals surface area contributed by atoms with E-state index >= 15 is 0 Å². The lowest BCUT2D eigenvalue weighted by atomic mass is 10.2. The third kappa shape index (κ3) is 4.14. The Bertz CT molecular complexity index is 904. The second kappa shape index (κ2) is 8.94. The number of fused-ring (bicyclic) bond motifs is 1. The number of sulfone groups is 1. The molecule has 0 bridgehead atoms. The summed E-state index contributed by atoms with van der Waals surface area (Å²) in [5.74, 6) is -1.11. The van der Waals surface area contributed by atoms with Crippen LogP contribution in [0.25, 0.3) is 0 Å². The Balaban J connectivity index is 2.08. The normalized spacial score (nSPS) is 19.6. The highest BCUT2D eigenvalue weighted by Gasteiger charge is 2.42. The van der Waals surface area contributed by atoms with Crippen LogP contribution in [0.2, 0.25) is 0 Å². The molecule has 3 rings (SSSR count). The topological polar surface area (TPSA) is 96.3 Å². The minimum atomic E-state index is -4.09. The van der Waals surface area contributed by atoms with Crippen molar-refractivity contribution in [3.05, 3.63) is 24.3 Å². The highest BCUT2D eigenvalue weighted by molar-refractivity contribution is 8.08. The van der Waals surface area contributed by atoms with Gasteiger partial charge in [0.1, 0.15) is 6.04 Å². The SMILES string of the molecule is CCOC(=O)[C@H](CC)N1N=C(C(=O)N2CCCCCC2)S(=O)(=O)c2ccccc21. The molecule has 0 aromatic heterocycles. The lowest BCUT2D eigenvalue weighted by Crippen LogP contribution is -2.47. The van der Waals surface area contributed by atoms with Crippen molar-refractivity contribution < 1.29 is 22.7 Å². The highest BCUT2D eigenvalue weighted by atomic mass is 32.2. The summed E-state index contributed by atoms with van der Waals surface area (Å²) in [7, 11) is -4.09. The molecule has 1 aromatic rings. The molecule has 1 fully saturated rings. The maximum absolute atomic E-state index is 13.2. The van der Waals surface area contributed by atoms with Gasteiger partial charge in [-0.3, -0.25) is 4.79 Å². The molecule has 0 N–H and O–H groups in total. The molecular weight excluding hydrogens is 394 g/mol. The van der Waals surface area contributed by atoms with E-state index in [1.165, 1.54) is 11.1 Å². The number of hydrogen-bond donors (Lipinski definition) is 0. The van der Waals surface area contributed by atoms with Crippen LogP contribution in [0.5, 0.6) is 0 Å². The summed E-state index contributed by atoms with van der Waals surface area (Å²) >= 11 is 0. The van der Waals surface area contributed by atoms with Gasteiger partial charge in [-0.25, -0.2) is 18.2 Å². The minimum absolute atomic E-state index is 0.0177. The van der Waals surface area contributed by atoms with Gasteiger partial charge in [0.2, 0.25) is 14.9 Å². The van der Waals surface area contributed by atoms with E-state index in [0.29, 0.717) is 19.5 Å². The average molecular weight is 422 g/mol. The first kappa shape index (κ1) is 21.3. The van der Waals surface area contributed by atoms with Gasteiger partial charge < -0.3 is 9.64 Å². The summed E-state index contributed by atoms with van der Waals surface area (Å²) in [6.45, 7) is 4.70.